The third kappa shape index (κ3) is 3.06. The number of rotatable bonds is 4. The fraction of sp³-hybridized carbons (Fsp3) is 0.583. The van der Waals surface area contributed by atoms with E-state index in [0.717, 1.165) is 24.5 Å². The van der Waals surface area contributed by atoms with E-state index in [2.05, 4.69) is 5.32 Å². The van der Waals surface area contributed by atoms with Crippen molar-refractivity contribution in [2.24, 2.45) is 11.7 Å². The Labute approximate surface area is 105 Å². The summed E-state index contributed by atoms with van der Waals surface area (Å²) >= 11 is 1.51. The second kappa shape index (κ2) is 5.62. The molecule has 2 rings (SSSR count). The molecule has 1 aliphatic heterocycles. The average Bonchev–Trinajstić information content (AvgIpc) is 3.00. The first-order valence-corrected chi connectivity index (χ1v) is 6.73. The minimum atomic E-state index is -0.556. The lowest BCUT2D eigenvalue weighted by atomic mass is 10.0. The van der Waals surface area contributed by atoms with Gasteiger partial charge in [-0.1, -0.05) is 6.07 Å². The molecule has 1 aromatic rings. The van der Waals surface area contributed by atoms with Crippen LogP contribution in [0.1, 0.15) is 24.3 Å². The maximum atomic E-state index is 11.9. The van der Waals surface area contributed by atoms with E-state index in [9.17, 15) is 4.79 Å². The first-order valence-electron chi connectivity index (χ1n) is 5.85. The number of hydrogen-bond donors (Lipinski definition) is 2. The van der Waals surface area contributed by atoms with Gasteiger partial charge in [-0.15, -0.1) is 11.3 Å². The van der Waals surface area contributed by atoms with Crippen LogP contribution in [0.25, 0.3) is 0 Å². The van der Waals surface area contributed by atoms with Gasteiger partial charge in [-0.05, 0) is 24.8 Å². The van der Waals surface area contributed by atoms with Gasteiger partial charge in [0.2, 0.25) is 5.91 Å². The molecule has 2 heterocycles. The SMILES string of the molecule is CC(NC(=O)C(N)c1cccs1)C1CCOC1. The van der Waals surface area contributed by atoms with Crippen LogP contribution in [0.4, 0.5) is 0 Å². The van der Waals surface area contributed by atoms with Gasteiger partial charge in [0.05, 0.1) is 6.61 Å². The molecule has 3 N–H and O–H groups in total. The van der Waals surface area contributed by atoms with Crippen LogP contribution in [0.5, 0.6) is 0 Å². The van der Waals surface area contributed by atoms with Gasteiger partial charge in [-0.25, -0.2) is 0 Å². The molecule has 1 amide bonds. The van der Waals surface area contributed by atoms with Crippen LogP contribution >= 0.6 is 11.3 Å². The van der Waals surface area contributed by atoms with Crippen molar-refractivity contribution >= 4 is 17.2 Å². The summed E-state index contributed by atoms with van der Waals surface area (Å²) in [6, 6.07) is 3.36. The van der Waals surface area contributed by atoms with E-state index in [1.54, 1.807) is 0 Å². The van der Waals surface area contributed by atoms with Gasteiger partial charge >= 0.3 is 0 Å². The first-order chi connectivity index (χ1) is 8.18. The molecule has 1 aliphatic rings. The molecule has 94 valence electrons. The van der Waals surface area contributed by atoms with E-state index in [0.29, 0.717) is 5.92 Å². The predicted molar refractivity (Wildman–Crippen MR) is 67.8 cm³/mol. The highest BCUT2D eigenvalue weighted by atomic mass is 32.1. The van der Waals surface area contributed by atoms with Crippen molar-refractivity contribution in [2.75, 3.05) is 13.2 Å². The number of nitrogens with one attached hydrogen (secondary N) is 1. The number of nitrogens with two attached hydrogens (primary N) is 1. The van der Waals surface area contributed by atoms with Crippen LogP contribution in [0.2, 0.25) is 0 Å². The Balaban J connectivity index is 1.87. The van der Waals surface area contributed by atoms with Crippen molar-refractivity contribution in [3.63, 3.8) is 0 Å². The largest absolute Gasteiger partial charge is 0.381 e. The Hall–Kier alpha value is -0.910. The molecule has 3 unspecified atom stereocenters. The predicted octanol–water partition coefficient (Wildman–Crippen LogP) is 1.29. The topological polar surface area (TPSA) is 64.4 Å². The summed E-state index contributed by atoms with van der Waals surface area (Å²) in [4.78, 5) is 12.8. The number of ether oxygens (including phenoxy) is 1. The second-order valence-corrected chi connectivity index (χ2v) is 5.39. The van der Waals surface area contributed by atoms with Gasteiger partial charge in [-0.2, -0.15) is 0 Å². The third-order valence-electron chi connectivity index (χ3n) is 3.17. The van der Waals surface area contributed by atoms with Crippen molar-refractivity contribution < 1.29 is 9.53 Å². The molecule has 0 saturated carbocycles. The first kappa shape index (κ1) is 12.5. The Kier molecular flexibility index (Phi) is 4.15. The zero-order valence-corrected chi connectivity index (χ0v) is 10.7. The summed E-state index contributed by atoms with van der Waals surface area (Å²) in [6.07, 6.45) is 1.01. The maximum absolute atomic E-state index is 11.9. The number of amides is 1. The van der Waals surface area contributed by atoms with Crippen LogP contribution in [-0.2, 0) is 9.53 Å². The lowest BCUT2D eigenvalue weighted by Gasteiger charge is -2.21. The molecule has 1 fully saturated rings. The molecule has 0 radical (unpaired) electrons. The zero-order chi connectivity index (χ0) is 12.3. The van der Waals surface area contributed by atoms with Gasteiger partial charge in [0.1, 0.15) is 6.04 Å². The van der Waals surface area contributed by atoms with E-state index >= 15 is 0 Å². The van der Waals surface area contributed by atoms with E-state index in [1.165, 1.54) is 11.3 Å². The summed E-state index contributed by atoms with van der Waals surface area (Å²) in [6.45, 7) is 3.54. The average molecular weight is 254 g/mol. The monoisotopic (exact) mass is 254 g/mol. The summed E-state index contributed by atoms with van der Waals surface area (Å²) < 4.78 is 5.31. The molecule has 5 heteroatoms. The van der Waals surface area contributed by atoms with Gasteiger partial charge in [0, 0.05) is 23.4 Å². The standard InChI is InChI=1S/C12H18N2O2S/c1-8(9-4-5-16-7-9)14-12(15)11(13)10-3-2-6-17-10/h2-3,6,8-9,11H,4-5,7,13H2,1H3,(H,14,15). The highest BCUT2D eigenvalue weighted by Crippen LogP contribution is 2.19. The van der Waals surface area contributed by atoms with E-state index in [1.807, 2.05) is 24.4 Å². The fourth-order valence-corrected chi connectivity index (χ4v) is 2.70. The lowest BCUT2D eigenvalue weighted by molar-refractivity contribution is -0.123. The Morgan fingerprint density at radius 2 is 2.53 bits per heavy atom. The molecule has 1 aromatic heterocycles. The number of carbonyl (C=O) groups is 1. The smallest absolute Gasteiger partial charge is 0.242 e. The van der Waals surface area contributed by atoms with Crippen molar-refractivity contribution in [3.8, 4) is 0 Å². The summed E-state index contributed by atoms with van der Waals surface area (Å²) in [7, 11) is 0. The number of hydrogen-bond acceptors (Lipinski definition) is 4. The normalized spacial score (nSPS) is 23.3. The highest BCUT2D eigenvalue weighted by Gasteiger charge is 2.25. The molecule has 4 nitrogen and oxygen atoms in total. The van der Waals surface area contributed by atoms with Crippen molar-refractivity contribution in [3.05, 3.63) is 22.4 Å². The molecule has 3 atom stereocenters. The molecule has 1 saturated heterocycles. The van der Waals surface area contributed by atoms with Crippen LogP contribution in [0, 0.1) is 5.92 Å². The van der Waals surface area contributed by atoms with Gasteiger partial charge in [0.25, 0.3) is 0 Å². The summed E-state index contributed by atoms with van der Waals surface area (Å²) in [5, 5.41) is 4.90. The fourth-order valence-electron chi connectivity index (χ4n) is 1.98. The van der Waals surface area contributed by atoms with Crippen molar-refractivity contribution in [1.82, 2.24) is 5.32 Å². The molecular formula is C12H18N2O2S. The Morgan fingerprint density at radius 1 is 1.71 bits per heavy atom. The Bertz CT molecular complexity index is 361. The molecule has 17 heavy (non-hydrogen) atoms. The Morgan fingerprint density at radius 3 is 3.12 bits per heavy atom. The van der Waals surface area contributed by atoms with Gasteiger partial charge in [-0.3, -0.25) is 4.79 Å². The van der Waals surface area contributed by atoms with Gasteiger partial charge < -0.3 is 15.8 Å². The summed E-state index contributed by atoms with van der Waals surface area (Å²) in [5.74, 6) is 0.307. The van der Waals surface area contributed by atoms with Crippen LogP contribution in [-0.4, -0.2) is 25.2 Å². The third-order valence-corrected chi connectivity index (χ3v) is 4.13. The number of carbonyl (C=O) groups excluding carboxylic acids is 1. The molecule has 0 aromatic carbocycles. The van der Waals surface area contributed by atoms with Crippen molar-refractivity contribution in [2.45, 2.75) is 25.4 Å². The molecule has 0 spiro atoms. The second-order valence-electron chi connectivity index (χ2n) is 4.41. The molecule has 0 bridgehead atoms. The number of thiophene rings is 1. The summed E-state index contributed by atoms with van der Waals surface area (Å²) in [5.41, 5.74) is 5.90. The van der Waals surface area contributed by atoms with Crippen LogP contribution in [0.3, 0.4) is 0 Å². The molecular weight excluding hydrogens is 236 g/mol. The lowest BCUT2D eigenvalue weighted by Crippen LogP contribution is -2.42. The van der Waals surface area contributed by atoms with E-state index in [4.69, 9.17) is 10.5 Å². The van der Waals surface area contributed by atoms with Crippen LogP contribution < -0.4 is 11.1 Å². The zero-order valence-electron chi connectivity index (χ0n) is 9.89. The highest BCUT2D eigenvalue weighted by molar-refractivity contribution is 7.10. The van der Waals surface area contributed by atoms with E-state index in [-0.39, 0.29) is 11.9 Å². The van der Waals surface area contributed by atoms with Crippen molar-refractivity contribution in [1.29, 1.82) is 0 Å². The minimum absolute atomic E-state index is 0.105. The minimum Gasteiger partial charge on any atom is -0.381 e. The van der Waals surface area contributed by atoms with Crippen LogP contribution in [0.15, 0.2) is 17.5 Å². The maximum Gasteiger partial charge on any atom is 0.242 e. The van der Waals surface area contributed by atoms with Gasteiger partial charge in [0.15, 0.2) is 0 Å². The molecule has 0 aliphatic carbocycles. The quantitative estimate of drug-likeness (QED) is 0.851. The van der Waals surface area contributed by atoms with E-state index < -0.39 is 6.04 Å².